The number of anilines is 1. The van der Waals surface area contributed by atoms with Crippen LogP contribution in [-0.2, 0) is 16.6 Å². The third-order valence-electron chi connectivity index (χ3n) is 8.77. The first kappa shape index (κ1) is 25.4. The first-order valence-corrected chi connectivity index (χ1v) is 14.1. The van der Waals surface area contributed by atoms with E-state index >= 15 is 0 Å². The number of hydrogen-bond donors (Lipinski definition) is 2. The standard InChI is InChI=1S/C33H35N3O3/c37-31(36-29-3-1-2-27(19-29)32(38)35-14-10-23-8-12-34-13-9-23)11-15-39-30-6-4-28(5-7-30)33-20-24-16-25(21-33)18-26(17-24)22-33/h1-9,11-13,15,19,24-26H,10,14,16-18,20-22H2,(H,35,38)(H,36,37). The Labute approximate surface area is 229 Å². The number of nitrogens with zero attached hydrogens (tertiary/aromatic N) is 1. The van der Waals surface area contributed by atoms with Crippen molar-refractivity contribution in [2.45, 2.75) is 50.4 Å². The zero-order valence-electron chi connectivity index (χ0n) is 22.1. The molecule has 2 N–H and O–H groups in total. The third-order valence-corrected chi connectivity index (χ3v) is 8.77. The van der Waals surface area contributed by atoms with Crippen molar-refractivity contribution in [3.63, 3.8) is 0 Å². The van der Waals surface area contributed by atoms with E-state index in [1.54, 1.807) is 36.7 Å². The average Bonchev–Trinajstić information content (AvgIpc) is 2.93. The molecule has 2 amide bonds. The first-order chi connectivity index (χ1) is 19.0. The van der Waals surface area contributed by atoms with Gasteiger partial charge in [-0.2, -0.15) is 0 Å². The van der Waals surface area contributed by atoms with E-state index in [0.717, 1.165) is 35.5 Å². The molecule has 2 aromatic carbocycles. The number of ether oxygens (including phenoxy) is 1. The maximum absolute atomic E-state index is 12.5. The highest BCUT2D eigenvalue weighted by atomic mass is 16.5. The number of amides is 2. The second-order valence-electron chi connectivity index (χ2n) is 11.6. The average molecular weight is 522 g/mol. The highest BCUT2D eigenvalue weighted by Gasteiger charge is 2.51. The Balaban J connectivity index is 0.988. The fourth-order valence-corrected chi connectivity index (χ4v) is 7.42. The molecule has 39 heavy (non-hydrogen) atoms. The second-order valence-corrected chi connectivity index (χ2v) is 11.6. The quantitative estimate of drug-likeness (QED) is 0.265. The Morgan fingerprint density at radius 3 is 2.31 bits per heavy atom. The lowest BCUT2D eigenvalue weighted by atomic mass is 9.48. The smallest absolute Gasteiger partial charge is 0.251 e. The topological polar surface area (TPSA) is 80.3 Å². The minimum absolute atomic E-state index is 0.184. The van der Waals surface area contributed by atoms with E-state index in [2.05, 4.69) is 27.8 Å². The van der Waals surface area contributed by atoms with E-state index < -0.39 is 0 Å². The van der Waals surface area contributed by atoms with Crippen LogP contribution >= 0.6 is 0 Å². The molecule has 4 fully saturated rings. The number of rotatable bonds is 9. The molecule has 4 saturated carbocycles. The van der Waals surface area contributed by atoms with E-state index in [1.165, 1.54) is 56.4 Å². The molecule has 0 saturated heterocycles. The van der Waals surface area contributed by atoms with Crippen molar-refractivity contribution >= 4 is 17.5 Å². The van der Waals surface area contributed by atoms with Gasteiger partial charge in [-0.25, -0.2) is 0 Å². The molecule has 200 valence electrons. The number of carbonyl (C=O) groups is 2. The molecular weight excluding hydrogens is 486 g/mol. The number of pyridine rings is 1. The SMILES string of the molecule is O=C(C=COc1ccc(C23CC4CC(CC(C4)C2)C3)cc1)Nc1cccc(C(=O)NCCc2ccncc2)c1. The van der Waals surface area contributed by atoms with Crippen LogP contribution in [-0.4, -0.2) is 23.3 Å². The van der Waals surface area contributed by atoms with Gasteiger partial charge in [-0.05, 0) is 122 Å². The predicted octanol–water partition coefficient (Wildman–Crippen LogP) is 6.05. The predicted molar refractivity (Wildman–Crippen MR) is 151 cm³/mol. The van der Waals surface area contributed by atoms with E-state index in [9.17, 15) is 9.59 Å². The highest BCUT2D eigenvalue weighted by Crippen LogP contribution is 2.60. The van der Waals surface area contributed by atoms with Crippen LogP contribution < -0.4 is 15.4 Å². The lowest BCUT2D eigenvalue weighted by Gasteiger charge is -2.57. The van der Waals surface area contributed by atoms with Gasteiger partial charge in [-0.3, -0.25) is 14.6 Å². The van der Waals surface area contributed by atoms with Gasteiger partial charge in [0, 0.05) is 36.3 Å². The summed E-state index contributed by atoms with van der Waals surface area (Å²) in [6, 6.07) is 19.2. The maximum Gasteiger partial charge on any atom is 0.251 e. The van der Waals surface area contributed by atoms with Crippen LogP contribution in [0.15, 0.2) is 85.4 Å². The van der Waals surface area contributed by atoms with Gasteiger partial charge in [0.25, 0.3) is 11.8 Å². The molecule has 0 atom stereocenters. The third kappa shape index (κ3) is 5.90. The highest BCUT2D eigenvalue weighted by molar-refractivity contribution is 6.01. The van der Waals surface area contributed by atoms with Gasteiger partial charge in [0.2, 0.25) is 0 Å². The van der Waals surface area contributed by atoms with Crippen LogP contribution in [0.5, 0.6) is 5.75 Å². The fraction of sp³-hybridized carbons (Fsp3) is 0.364. The molecule has 0 aliphatic heterocycles. The van der Waals surface area contributed by atoms with Crippen molar-refractivity contribution in [3.05, 3.63) is 102 Å². The Bertz CT molecular complexity index is 1310. The molecule has 6 nitrogen and oxygen atoms in total. The van der Waals surface area contributed by atoms with Crippen molar-refractivity contribution < 1.29 is 14.3 Å². The number of carbonyl (C=O) groups excluding carboxylic acids is 2. The van der Waals surface area contributed by atoms with E-state index in [-0.39, 0.29) is 11.8 Å². The molecule has 4 aliphatic rings. The van der Waals surface area contributed by atoms with Crippen LogP contribution in [0.2, 0.25) is 0 Å². The summed E-state index contributed by atoms with van der Waals surface area (Å²) in [7, 11) is 0. The summed E-state index contributed by atoms with van der Waals surface area (Å²) in [5, 5.41) is 5.71. The van der Waals surface area contributed by atoms with Crippen molar-refractivity contribution in [2.75, 3.05) is 11.9 Å². The van der Waals surface area contributed by atoms with Crippen molar-refractivity contribution in [2.24, 2.45) is 17.8 Å². The summed E-state index contributed by atoms with van der Waals surface area (Å²) in [6.07, 6.45) is 15.3. The second kappa shape index (κ2) is 11.0. The number of nitrogens with one attached hydrogen (secondary N) is 2. The Hall–Kier alpha value is -3.93. The van der Waals surface area contributed by atoms with Gasteiger partial charge in [-0.15, -0.1) is 0 Å². The monoisotopic (exact) mass is 521 g/mol. The summed E-state index contributed by atoms with van der Waals surface area (Å²) in [4.78, 5) is 29.0. The Morgan fingerprint density at radius 2 is 1.62 bits per heavy atom. The zero-order valence-corrected chi connectivity index (χ0v) is 22.1. The number of hydrogen-bond acceptors (Lipinski definition) is 4. The number of benzene rings is 2. The van der Waals surface area contributed by atoms with Gasteiger partial charge in [0.05, 0.1) is 6.26 Å². The molecule has 4 aliphatic carbocycles. The molecule has 0 radical (unpaired) electrons. The normalized spacial score (nSPS) is 25.0. The van der Waals surface area contributed by atoms with Gasteiger partial charge < -0.3 is 15.4 Å². The summed E-state index contributed by atoms with van der Waals surface area (Å²) < 4.78 is 5.72. The van der Waals surface area contributed by atoms with Crippen LogP contribution in [0.3, 0.4) is 0 Å². The zero-order chi connectivity index (χ0) is 26.7. The van der Waals surface area contributed by atoms with Gasteiger partial charge in [0.15, 0.2) is 0 Å². The fourth-order valence-electron chi connectivity index (χ4n) is 7.42. The Kier molecular flexibility index (Phi) is 7.18. The molecule has 4 bridgehead atoms. The summed E-state index contributed by atoms with van der Waals surface area (Å²) in [5.41, 5.74) is 3.97. The summed E-state index contributed by atoms with van der Waals surface area (Å²) in [6.45, 7) is 0.517. The van der Waals surface area contributed by atoms with Crippen molar-refractivity contribution in [1.29, 1.82) is 0 Å². The van der Waals surface area contributed by atoms with Crippen molar-refractivity contribution in [1.82, 2.24) is 10.3 Å². The van der Waals surface area contributed by atoms with Crippen LogP contribution in [0.1, 0.15) is 60.0 Å². The lowest BCUT2D eigenvalue weighted by molar-refractivity contribution is -0.112. The van der Waals surface area contributed by atoms with E-state index in [4.69, 9.17) is 4.74 Å². The van der Waals surface area contributed by atoms with Crippen LogP contribution in [0.25, 0.3) is 0 Å². The van der Waals surface area contributed by atoms with E-state index in [0.29, 0.717) is 23.2 Å². The largest absolute Gasteiger partial charge is 0.465 e. The summed E-state index contributed by atoms with van der Waals surface area (Å²) in [5.74, 6) is 2.97. The minimum atomic E-state index is -0.324. The molecule has 0 unspecified atom stereocenters. The van der Waals surface area contributed by atoms with Crippen LogP contribution in [0.4, 0.5) is 5.69 Å². The Morgan fingerprint density at radius 1 is 0.923 bits per heavy atom. The van der Waals surface area contributed by atoms with Crippen molar-refractivity contribution in [3.8, 4) is 5.75 Å². The number of aromatic nitrogens is 1. The molecule has 6 heteroatoms. The molecule has 0 spiro atoms. The van der Waals surface area contributed by atoms with Gasteiger partial charge >= 0.3 is 0 Å². The molecular formula is C33H35N3O3. The molecule has 1 aromatic heterocycles. The van der Waals surface area contributed by atoms with Gasteiger partial charge in [0.1, 0.15) is 5.75 Å². The van der Waals surface area contributed by atoms with E-state index in [1.807, 2.05) is 24.3 Å². The lowest BCUT2D eigenvalue weighted by Crippen LogP contribution is -2.48. The minimum Gasteiger partial charge on any atom is -0.465 e. The molecule has 3 aromatic rings. The van der Waals surface area contributed by atoms with Crippen LogP contribution in [0, 0.1) is 17.8 Å². The van der Waals surface area contributed by atoms with Gasteiger partial charge in [-0.1, -0.05) is 18.2 Å². The summed E-state index contributed by atoms with van der Waals surface area (Å²) >= 11 is 0. The maximum atomic E-state index is 12.5. The molecule has 7 rings (SSSR count). The first-order valence-electron chi connectivity index (χ1n) is 14.1. The molecule has 1 heterocycles.